The van der Waals surface area contributed by atoms with Gasteiger partial charge in [-0.05, 0) is 43.5 Å². The zero-order chi connectivity index (χ0) is 17.6. The third-order valence-electron chi connectivity index (χ3n) is 4.28. The number of aromatic nitrogens is 2. The van der Waals surface area contributed by atoms with E-state index in [1.54, 1.807) is 0 Å². The number of rotatable bonds is 6. The largest absolute Gasteiger partial charge is 0.292 e. The van der Waals surface area contributed by atoms with E-state index in [2.05, 4.69) is 41.3 Å². The molecule has 0 fully saturated rings. The average Bonchev–Trinajstić information content (AvgIpc) is 2.88. The first kappa shape index (κ1) is 17.4. The van der Waals surface area contributed by atoms with Crippen molar-refractivity contribution in [2.24, 2.45) is 4.99 Å². The molecule has 1 aromatic heterocycles. The van der Waals surface area contributed by atoms with Crippen LogP contribution in [0.15, 0.2) is 59.6 Å². The van der Waals surface area contributed by atoms with Crippen LogP contribution in [0.2, 0.25) is 5.02 Å². The Labute approximate surface area is 154 Å². The number of hydrogen-bond donors (Lipinski definition) is 0. The molecule has 0 aliphatic rings. The molecule has 0 aliphatic carbocycles. The van der Waals surface area contributed by atoms with Crippen molar-refractivity contribution >= 4 is 17.8 Å². The number of benzene rings is 2. The van der Waals surface area contributed by atoms with Crippen LogP contribution in [0.5, 0.6) is 0 Å². The second-order valence-corrected chi connectivity index (χ2v) is 6.58. The predicted octanol–water partition coefficient (Wildman–Crippen LogP) is 4.86. The molecular formula is C21H22ClN3. The smallest absolute Gasteiger partial charge is 0.0684 e. The molecule has 128 valence electrons. The van der Waals surface area contributed by atoms with Crippen LogP contribution in [0.1, 0.15) is 28.1 Å². The molecule has 0 unspecified atom stereocenters. The van der Waals surface area contributed by atoms with E-state index in [1.165, 1.54) is 11.1 Å². The van der Waals surface area contributed by atoms with Crippen molar-refractivity contribution in [3.05, 3.63) is 87.7 Å². The van der Waals surface area contributed by atoms with E-state index in [9.17, 15) is 0 Å². The summed E-state index contributed by atoms with van der Waals surface area (Å²) in [6, 6.07) is 18.3. The van der Waals surface area contributed by atoms with Gasteiger partial charge < -0.3 is 0 Å². The highest BCUT2D eigenvalue weighted by molar-refractivity contribution is 6.30. The Kier molecular flexibility index (Phi) is 5.67. The summed E-state index contributed by atoms with van der Waals surface area (Å²) in [4.78, 5) is 4.59. The number of halogens is 1. The molecule has 3 rings (SSSR count). The third-order valence-corrected chi connectivity index (χ3v) is 4.53. The molecule has 0 aliphatic heterocycles. The Hall–Kier alpha value is -2.39. The Morgan fingerprint density at radius 1 is 1.00 bits per heavy atom. The number of aryl methyl sites for hydroxylation is 1. The molecule has 0 radical (unpaired) electrons. The molecule has 4 heteroatoms. The molecule has 0 bridgehead atoms. The van der Waals surface area contributed by atoms with Gasteiger partial charge in [-0.3, -0.25) is 9.67 Å². The van der Waals surface area contributed by atoms with Crippen molar-refractivity contribution in [1.82, 2.24) is 9.78 Å². The number of aliphatic imine (C=N–C) groups is 1. The molecule has 0 spiro atoms. The van der Waals surface area contributed by atoms with E-state index in [-0.39, 0.29) is 0 Å². The Balaban J connectivity index is 1.65. The lowest BCUT2D eigenvalue weighted by atomic mass is 10.1. The van der Waals surface area contributed by atoms with Crippen molar-refractivity contribution in [3.8, 4) is 0 Å². The lowest BCUT2D eigenvalue weighted by Crippen LogP contribution is -2.04. The molecule has 0 saturated heterocycles. The highest BCUT2D eigenvalue weighted by atomic mass is 35.5. The van der Waals surface area contributed by atoms with Crippen LogP contribution in [-0.4, -0.2) is 22.5 Å². The first-order valence-corrected chi connectivity index (χ1v) is 8.83. The zero-order valence-electron chi connectivity index (χ0n) is 14.6. The van der Waals surface area contributed by atoms with Crippen molar-refractivity contribution < 1.29 is 0 Å². The molecule has 1 heterocycles. The normalized spacial score (nSPS) is 11.3. The summed E-state index contributed by atoms with van der Waals surface area (Å²) in [6.07, 6.45) is 2.86. The SMILES string of the molecule is Cc1nn(Cc2ccccc2)c(C)c1C=NCCc1ccc(Cl)cc1. The van der Waals surface area contributed by atoms with Crippen LogP contribution >= 0.6 is 11.6 Å². The summed E-state index contributed by atoms with van der Waals surface area (Å²) < 4.78 is 2.05. The average molecular weight is 352 g/mol. The lowest BCUT2D eigenvalue weighted by molar-refractivity contribution is 0.659. The van der Waals surface area contributed by atoms with Crippen molar-refractivity contribution in [2.75, 3.05) is 6.54 Å². The second kappa shape index (κ2) is 8.13. The Bertz CT molecular complexity index is 849. The van der Waals surface area contributed by atoms with Gasteiger partial charge in [-0.25, -0.2) is 0 Å². The monoisotopic (exact) mass is 351 g/mol. The van der Waals surface area contributed by atoms with Crippen molar-refractivity contribution in [3.63, 3.8) is 0 Å². The van der Waals surface area contributed by atoms with Gasteiger partial charge in [-0.15, -0.1) is 0 Å². The van der Waals surface area contributed by atoms with Gasteiger partial charge in [-0.1, -0.05) is 54.1 Å². The van der Waals surface area contributed by atoms with Gasteiger partial charge in [-0.2, -0.15) is 5.10 Å². The number of nitrogens with zero attached hydrogens (tertiary/aromatic N) is 3. The first-order chi connectivity index (χ1) is 12.1. The number of hydrogen-bond acceptors (Lipinski definition) is 2. The Morgan fingerprint density at radius 3 is 2.44 bits per heavy atom. The van der Waals surface area contributed by atoms with Crippen LogP contribution in [0.25, 0.3) is 0 Å². The van der Waals surface area contributed by atoms with Crippen LogP contribution in [-0.2, 0) is 13.0 Å². The minimum atomic E-state index is 0.754. The molecule has 0 saturated carbocycles. The summed E-state index contributed by atoms with van der Waals surface area (Å²) in [7, 11) is 0. The fourth-order valence-electron chi connectivity index (χ4n) is 2.81. The quantitative estimate of drug-likeness (QED) is 0.583. The third kappa shape index (κ3) is 4.58. The van der Waals surface area contributed by atoms with Gasteiger partial charge in [0.1, 0.15) is 0 Å². The molecule has 0 N–H and O–H groups in total. The standard InChI is InChI=1S/C21H22ClN3/c1-16-21(14-23-13-12-18-8-10-20(22)11-9-18)17(2)25(24-16)15-19-6-4-3-5-7-19/h3-11,14H,12-13,15H2,1-2H3. The maximum Gasteiger partial charge on any atom is 0.0684 e. The highest BCUT2D eigenvalue weighted by Gasteiger charge is 2.09. The summed E-state index contributed by atoms with van der Waals surface area (Å²) in [6.45, 7) is 5.68. The van der Waals surface area contributed by atoms with Gasteiger partial charge >= 0.3 is 0 Å². The van der Waals surface area contributed by atoms with Crippen molar-refractivity contribution in [2.45, 2.75) is 26.8 Å². The molecular weight excluding hydrogens is 330 g/mol. The second-order valence-electron chi connectivity index (χ2n) is 6.14. The first-order valence-electron chi connectivity index (χ1n) is 8.45. The summed E-state index contributed by atoms with van der Waals surface area (Å²) in [5.74, 6) is 0. The highest BCUT2D eigenvalue weighted by Crippen LogP contribution is 2.13. The van der Waals surface area contributed by atoms with E-state index in [1.807, 2.05) is 48.2 Å². The fraction of sp³-hybridized carbons (Fsp3) is 0.238. The molecule has 3 aromatic rings. The van der Waals surface area contributed by atoms with Gasteiger partial charge in [0.15, 0.2) is 0 Å². The van der Waals surface area contributed by atoms with Crippen LogP contribution in [0.4, 0.5) is 0 Å². The minimum Gasteiger partial charge on any atom is -0.292 e. The molecule has 3 nitrogen and oxygen atoms in total. The minimum absolute atomic E-state index is 0.754. The van der Waals surface area contributed by atoms with Crippen molar-refractivity contribution in [1.29, 1.82) is 0 Å². The van der Waals surface area contributed by atoms with E-state index >= 15 is 0 Å². The summed E-state index contributed by atoms with van der Waals surface area (Å²) >= 11 is 5.91. The zero-order valence-corrected chi connectivity index (χ0v) is 15.4. The van der Waals surface area contributed by atoms with Crippen LogP contribution < -0.4 is 0 Å². The lowest BCUT2D eigenvalue weighted by Gasteiger charge is -2.04. The maximum atomic E-state index is 5.91. The molecule has 0 amide bonds. The topological polar surface area (TPSA) is 30.2 Å². The van der Waals surface area contributed by atoms with Gasteiger partial charge in [0, 0.05) is 29.0 Å². The van der Waals surface area contributed by atoms with E-state index in [4.69, 9.17) is 11.6 Å². The van der Waals surface area contributed by atoms with E-state index in [0.717, 1.165) is 41.5 Å². The predicted molar refractivity (Wildman–Crippen MR) is 105 cm³/mol. The Morgan fingerprint density at radius 2 is 1.72 bits per heavy atom. The maximum absolute atomic E-state index is 5.91. The summed E-state index contributed by atoms with van der Waals surface area (Å²) in [5.41, 5.74) is 5.78. The van der Waals surface area contributed by atoms with E-state index < -0.39 is 0 Å². The molecule has 0 atom stereocenters. The molecule has 25 heavy (non-hydrogen) atoms. The van der Waals surface area contributed by atoms with Crippen LogP contribution in [0.3, 0.4) is 0 Å². The molecule has 2 aromatic carbocycles. The van der Waals surface area contributed by atoms with Gasteiger partial charge in [0.2, 0.25) is 0 Å². The van der Waals surface area contributed by atoms with E-state index in [0.29, 0.717) is 0 Å². The fourth-order valence-corrected chi connectivity index (χ4v) is 2.93. The summed E-state index contributed by atoms with van der Waals surface area (Å²) in [5, 5.41) is 5.43. The van der Waals surface area contributed by atoms with Crippen LogP contribution in [0, 0.1) is 13.8 Å². The van der Waals surface area contributed by atoms with Gasteiger partial charge in [0.25, 0.3) is 0 Å². The van der Waals surface area contributed by atoms with Gasteiger partial charge in [0.05, 0.1) is 12.2 Å².